The Morgan fingerprint density at radius 3 is 2.71 bits per heavy atom. The van der Waals surface area contributed by atoms with Crippen LogP contribution in [0.3, 0.4) is 0 Å². The molecule has 1 aliphatic rings. The van der Waals surface area contributed by atoms with E-state index in [1.807, 2.05) is 42.5 Å². The molecule has 0 heterocycles. The summed E-state index contributed by atoms with van der Waals surface area (Å²) in [6.07, 6.45) is 6.12. The predicted octanol–water partition coefficient (Wildman–Crippen LogP) is 2.89. The van der Waals surface area contributed by atoms with Gasteiger partial charge < -0.3 is 0 Å². The first-order chi connectivity index (χ1) is 6.79. The van der Waals surface area contributed by atoms with Gasteiger partial charge in [-0.25, -0.2) is 0 Å². The van der Waals surface area contributed by atoms with Crippen molar-refractivity contribution >= 4 is 24.0 Å². The molecule has 2 rings (SSSR count). The Morgan fingerprint density at radius 1 is 1.21 bits per heavy atom. The number of benzene rings is 1. The minimum atomic E-state index is 0.161. The SMILES string of the molecule is O=C1CC=CC=C1c1ccccc1S. The average molecular weight is 202 g/mol. The maximum atomic E-state index is 11.6. The van der Waals surface area contributed by atoms with Gasteiger partial charge in [0.1, 0.15) is 0 Å². The molecular formula is C12H10OS. The zero-order valence-corrected chi connectivity index (χ0v) is 8.50. The number of hydrogen-bond donors (Lipinski definition) is 1. The molecule has 0 spiro atoms. The van der Waals surface area contributed by atoms with Gasteiger partial charge in [0.25, 0.3) is 0 Å². The van der Waals surface area contributed by atoms with E-state index in [0.29, 0.717) is 6.42 Å². The number of hydrogen-bond acceptors (Lipinski definition) is 2. The minimum absolute atomic E-state index is 0.161. The zero-order chi connectivity index (χ0) is 9.97. The molecule has 0 saturated heterocycles. The first-order valence-corrected chi connectivity index (χ1v) is 4.92. The molecule has 0 aromatic heterocycles. The molecule has 0 amide bonds. The van der Waals surface area contributed by atoms with Crippen molar-refractivity contribution in [1.29, 1.82) is 0 Å². The van der Waals surface area contributed by atoms with E-state index in [1.54, 1.807) is 0 Å². The number of ketones is 1. The Bertz CT molecular complexity index is 430. The first kappa shape index (κ1) is 9.28. The maximum Gasteiger partial charge on any atom is 0.167 e. The summed E-state index contributed by atoms with van der Waals surface area (Å²) in [5, 5.41) is 0. The van der Waals surface area contributed by atoms with Gasteiger partial charge in [0, 0.05) is 16.9 Å². The largest absolute Gasteiger partial charge is 0.294 e. The second-order valence-electron chi connectivity index (χ2n) is 3.15. The van der Waals surface area contributed by atoms with Crippen LogP contribution < -0.4 is 0 Å². The Morgan fingerprint density at radius 2 is 2.00 bits per heavy atom. The average Bonchev–Trinajstić information content (AvgIpc) is 2.20. The molecule has 0 radical (unpaired) electrons. The minimum Gasteiger partial charge on any atom is -0.294 e. The standard InChI is InChI=1S/C12H10OS/c13-11-7-3-1-5-9(11)10-6-2-4-8-12(10)14/h1-6,8,14H,7H2. The molecule has 0 bridgehead atoms. The fourth-order valence-electron chi connectivity index (χ4n) is 1.48. The predicted molar refractivity (Wildman–Crippen MR) is 60.4 cm³/mol. The number of carbonyl (C=O) groups is 1. The summed E-state index contributed by atoms with van der Waals surface area (Å²) in [6.45, 7) is 0. The number of carbonyl (C=O) groups excluding carboxylic acids is 1. The molecule has 0 atom stereocenters. The molecule has 0 saturated carbocycles. The molecule has 1 nitrogen and oxygen atoms in total. The van der Waals surface area contributed by atoms with Crippen LogP contribution in [0.4, 0.5) is 0 Å². The highest BCUT2D eigenvalue weighted by Gasteiger charge is 2.13. The van der Waals surface area contributed by atoms with Crippen LogP contribution in [0.25, 0.3) is 5.57 Å². The molecule has 0 unspecified atom stereocenters. The summed E-state index contributed by atoms with van der Waals surface area (Å²) < 4.78 is 0. The topological polar surface area (TPSA) is 17.1 Å². The van der Waals surface area contributed by atoms with Crippen molar-refractivity contribution < 1.29 is 4.79 Å². The molecule has 2 heteroatoms. The molecule has 0 aliphatic heterocycles. The quantitative estimate of drug-likeness (QED) is 0.693. The van der Waals surface area contributed by atoms with Crippen molar-refractivity contribution in [2.45, 2.75) is 11.3 Å². The van der Waals surface area contributed by atoms with Crippen LogP contribution >= 0.6 is 12.6 Å². The van der Waals surface area contributed by atoms with Gasteiger partial charge in [-0.05, 0) is 11.6 Å². The van der Waals surface area contributed by atoms with Crippen LogP contribution in [0.1, 0.15) is 12.0 Å². The normalized spacial score (nSPS) is 15.5. The fraction of sp³-hybridized carbons (Fsp3) is 0.0833. The van der Waals surface area contributed by atoms with Crippen molar-refractivity contribution in [2.75, 3.05) is 0 Å². The summed E-state index contributed by atoms with van der Waals surface area (Å²) in [4.78, 5) is 12.4. The van der Waals surface area contributed by atoms with E-state index in [4.69, 9.17) is 0 Å². The lowest BCUT2D eigenvalue weighted by Crippen LogP contribution is -2.03. The highest BCUT2D eigenvalue weighted by atomic mass is 32.1. The number of thiol groups is 1. The van der Waals surface area contributed by atoms with E-state index in [2.05, 4.69) is 12.6 Å². The van der Waals surface area contributed by atoms with Gasteiger partial charge in [0.05, 0.1) is 0 Å². The van der Waals surface area contributed by atoms with Crippen LogP contribution in [0.5, 0.6) is 0 Å². The van der Waals surface area contributed by atoms with Crippen LogP contribution in [0.15, 0.2) is 47.4 Å². The summed E-state index contributed by atoms with van der Waals surface area (Å²) in [7, 11) is 0. The van der Waals surface area contributed by atoms with Crippen molar-refractivity contribution in [3.05, 3.63) is 48.1 Å². The van der Waals surface area contributed by atoms with Gasteiger partial charge in [-0.1, -0.05) is 36.4 Å². The van der Waals surface area contributed by atoms with Gasteiger partial charge >= 0.3 is 0 Å². The lowest BCUT2D eigenvalue weighted by Gasteiger charge is -2.09. The smallest absolute Gasteiger partial charge is 0.167 e. The van der Waals surface area contributed by atoms with E-state index in [0.717, 1.165) is 16.0 Å². The Kier molecular flexibility index (Phi) is 2.55. The summed E-state index contributed by atoms with van der Waals surface area (Å²) in [5.41, 5.74) is 1.68. The zero-order valence-electron chi connectivity index (χ0n) is 7.60. The highest BCUT2D eigenvalue weighted by Crippen LogP contribution is 2.25. The third kappa shape index (κ3) is 1.66. The third-order valence-electron chi connectivity index (χ3n) is 2.20. The van der Waals surface area contributed by atoms with Crippen molar-refractivity contribution in [3.63, 3.8) is 0 Å². The Hall–Kier alpha value is -1.28. The number of Topliss-reactive ketones (excluding diaryl/α,β-unsaturated/α-hetero) is 1. The van der Waals surface area contributed by atoms with E-state index < -0.39 is 0 Å². The lowest BCUT2D eigenvalue weighted by atomic mass is 9.96. The number of rotatable bonds is 1. The van der Waals surface area contributed by atoms with E-state index >= 15 is 0 Å². The third-order valence-corrected chi connectivity index (χ3v) is 2.59. The molecule has 0 fully saturated rings. The van der Waals surface area contributed by atoms with Crippen molar-refractivity contribution in [1.82, 2.24) is 0 Å². The fourth-order valence-corrected chi connectivity index (χ4v) is 1.76. The molecule has 1 aliphatic carbocycles. The first-order valence-electron chi connectivity index (χ1n) is 4.47. The number of allylic oxidation sites excluding steroid dienone is 4. The summed E-state index contributed by atoms with van der Waals surface area (Å²) in [6, 6.07) is 7.65. The lowest BCUT2D eigenvalue weighted by molar-refractivity contribution is -0.113. The maximum absolute atomic E-state index is 11.6. The monoisotopic (exact) mass is 202 g/mol. The molecule has 70 valence electrons. The van der Waals surface area contributed by atoms with Gasteiger partial charge in [0.15, 0.2) is 5.78 Å². The van der Waals surface area contributed by atoms with E-state index in [1.165, 1.54) is 0 Å². The molecule has 1 aromatic rings. The van der Waals surface area contributed by atoms with Crippen LogP contribution in [0.2, 0.25) is 0 Å². The second kappa shape index (κ2) is 3.84. The molecular weight excluding hydrogens is 192 g/mol. The van der Waals surface area contributed by atoms with Gasteiger partial charge in [-0.15, -0.1) is 12.6 Å². The van der Waals surface area contributed by atoms with Crippen molar-refractivity contribution in [3.8, 4) is 0 Å². The van der Waals surface area contributed by atoms with Crippen molar-refractivity contribution in [2.24, 2.45) is 0 Å². The molecule has 14 heavy (non-hydrogen) atoms. The van der Waals surface area contributed by atoms with Gasteiger partial charge in [0.2, 0.25) is 0 Å². The second-order valence-corrected chi connectivity index (χ2v) is 3.63. The Balaban J connectivity index is 2.49. The van der Waals surface area contributed by atoms with E-state index in [-0.39, 0.29) is 5.78 Å². The van der Waals surface area contributed by atoms with Crippen LogP contribution in [-0.4, -0.2) is 5.78 Å². The van der Waals surface area contributed by atoms with Gasteiger partial charge in [-0.3, -0.25) is 4.79 Å². The highest BCUT2D eigenvalue weighted by molar-refractivity contribution is 7.80. The molecule has 1 aromatic carbocycles. The van der Waals surface area contributed by atoms with Gasteiger partial charge in [-0.2, -0.15) is 0 Å². The van der Waals surface area contributed by atoms with Crippen LogP contribution in [0, 0.1) is 0 Å². The van der Waals surface area contributed by atoms with E-state index in [9.17, 15) is 4.79 Å². The summed E-state index contributed by atoms with van der Waals surface area (Å²) in [5.74, 6) is 0.161. The molecule has 0 N–H and O–H groups in total. The Labute approximate surface area is 88.6 Å². The summed E-state index contributed by atoms with van der Waals surface area (Å²) >= 11 is 4.33. The van der Waals surface area contributed by atoms with Crippen LogP contribution in [-0.2, 0) is 4.79 Å².